The number of halogens is 1. The molecule has 0 unspecified atom stereocenters. The Kier molecular flexibility index (Phi) is 8.89. The summed E-state index contributed by atoms with van der Waals surface area (Å²) in [5.74, 6) is 1.91. The van der Waals surface area contributed by atoms with Crippen molar-refractivity contribution in [3.63, 3.8) is 0 Å². The summed E-state index contributed by atoms with van der Waals surface area (Å²) in [6.07, 6.45) is 6.65. The van der Waals surface area contributed by atoms with Gasteiger partial charge in [-0.15, -0.1) is 24.0 Å². The number of aliphatic imine (C=N–C) groups is 1. The Morgan fingerprint density at radius 2 is 1.95 bits per heavy atom. The molecule has 2 saturated carbocycles. The van der Waals surface area contributed by atoms with Crippen LogP contribution in [-0.4, -0.2) is 53.0 Å². The molecule has 0 spiro atoms. The van der Waals surface area contributed by atoms with Crippen molar-refractivity contribution >= 4 is 29.9 Å². The molecule has 0 aromatic rings. The minimum Gasteiger partial charge on any atom is -0.382 e. The van der Waals surface area contributed by atoms with Crippen molar-refractivity contribution in [1.82, 2.24) is 10.6 Å². The zero-order chi connectivity index (χ0) is 14.3. The summed E-state index contributed by atoms with van der Waals surface area (Å²) in [7, 11) is 3.52. The molecule has 0 aromatic carbocycles. The van der Waals surface area contributed by atoms with Gasteiger partial charge in [0, 0.05) is 33.9 Å². The third-order valence-corrected chi connectivity index (χ3v) is 4.36. The van der Waals surface area contributed by atoms with Crippen LogP contribution < -0.4 is 10.6 Å². The second-order valence-electron chi connectivity index (χ2n) is 5.95. The van der Waals surface area contributed by atoms with Crippen molar-refractivity contribution in [3.05, 3.63) is 0 Å². The lowest BCUT2D eigenvalue weighted by Gasteiger charge is -2.18. The first kappa shape index (κ1) is 19.0. The van der Waals surface area contributed by atoms with Crippen molar-refractivity contribution in [3.8, 4) is 0 Å². The fourth-order valence-electron chi connectivity index (χ4n) is 2.69. The Balaban J connectivity index is 0.00000220. The number of guanidine groups is 1. The van der Waals surface area contributed by atoms with Gasteiger partial charge in [0.05, 0.1) is 13.2 Å². The molecule has 0 bridgehead atoms. The highest BCUT2D eigenvalue weighted by Crippen LogP contribution is 2.60. The van der Waals surface area contributed by atoms with Gasteiger partial charge in [0.15, 0.2) is 5.96 Å². The number of hydrogen-bond donors (Lipinski definition) is 2. The molecule has 0 radical (unpaired) electrons. The molecule has 6 heteroatoms. The maximum Gasteiger partial charge on any atom is 0.190 e. The molecule has 5 nitrogen and oxygen atoms in total. The van der Waals surface area contributed by atoms with E-state index >= 15 is 0 Å². The quantitative estimate of drug-likeness (QED) is 0.250. The predicted molar refractivity (Wildman–Crippen MR) is 96.5 cm³/mol. The van der Waals surface area contributed by atoms with Crippen LogP contribution in [0.1, 0.15) is 32.1 Å². The lowest BCUT2D eigenvalue weighted by Crippen LogP contribution is -2.41. The molecule has 0 heterocycles. The van der Waals surface area contributed by atoms with Crippen molar-refractivity contribution in [2.75, 3.05) is 47.1 Å². The van der Waals surface area contributed by atoms with E-state index in [0.717, 1.165) is 38.0 Å². The number of rotatable bonds is 10. The Morgan fingerprint density at radius 1 is 1.19 bits per heavy atom. The van der Waals surface area contributed by atoms with E-state index in [4.69, 9.17) is 9.47 Å². The van der Waals surface area contributed by atoms with Gasteiger partial charge < -0.3 is 20.1 Å². The molecule has 0 amide bonds. The SMILES string of the molecule is CN=C(NCCCOCCOC)NCC1(C2CC2)CC1.I. The Labute approximate surface area is 145 Å². The van der Waals surface area contributed by atoms with Gasteiger partial charge in [-0.05, 0) is 43.4 Å². The van der Waals surface area contributed by atoms with Gasteiger partial charge in [0.2, 0.25) is 0 Å². The summed E-state index contributed by atoms with van der Waals surface area (Å²) >= 11 is 0. The topological polar surface area (TPSA) is 54.9 Å². The average molecular weight is 411 g/mol. The van der Waals surface area contributed by atoms with Crippen molar-refractivity contribution in [2.45, 2.75) is 32.1 Å². The molecule has 0 atom stereocenters. The maximum atomic E-state index is 5.43. The fraction of sp³-hybridized carbons (Fsp3) is 0.933. The molecule has 0 aromatic heterocycles. The van der Waals surface area contributed by atoms with E-state index in [2.05, 4.69) is 15.6 Å². The van der Waals surface area contributed by atoms with E-state index in [0.29, 0.717) is 18.6 Å². The van der Waals surface area contributed by atoms with Gasteiger partial charge in [-0.1, -0.05) is 0 Å². The normalized spacial score (nSPS) is 19.8. The minimum absolute atomic E-state index is 0. The zero-order valence-electron chi connectivity index (χ0n) is 13.3. The fourth-order valence-corrected chi connectivity index (χ4v) is 2.69. The monoisotopic (exact) mass is 411 g/mol. The summed E-state index contributed by atoms with van der Waals surface area (Å²) in [5.41, 5.74) is 0.612. The summed E-state index contributed by atoms with van der Waals surface area (Å²) in [6.45, 7) is 4.08. The first-order chi connectivity index (χ1) is 9.80. The van der Waals surface area contributed by atoms with Crippen LogP contribution in [0.2, 0.25) is 0 Å². The van der Waals surface area contributed by atoms with Crippen LogP contribution in [-0.2, 0) is 9.47 Å². The van der Waals surface area contributed by atoms with E-state index in [1.807, 2.05) is 7.05 Å². The van der Waals surface area contributed by atoms with Gasteiger partial charge in [-0.2, -0.15) is 0 Å². The van der Waals surface area contributed by atoms with E-state index in [-0.39, 0.29) is 24.0 Å². The van der Waals surface area contributed by atoms with E-state index < -0.39 is 0 Å². The highest BCUT2D eigenvalue weighted by molar-refractivity contribution is 14.0. The smallest absolute Gasteiger partial charge is 0.190 e. The molecule has 21 heavy (non-hydrogen) atoms. The van der Waals surface area contributed by atoms with Crippen molar-refractivity contribution in [2.24, 2.45) is 16.3 Å². The number of methoxy groups -OCH3 is 1. The minimum atomic E-state index is 0. The molecule has 2 aliphatic carbocycles. The van der Waals surface area contributed by atoms with Crippen LogP contribution in [0.3, 0.4) is 0 Å². The molecule has 2 fully saturated rings. The van der Waals surface area contributed by atoms with Gasteiger partial charge in [-0.25, -0.2) is 0 Å². The van der Waals surface area contributed by atoms with Gasteiger partial charge in [0.25, 0.3) is 0 Å². The Hall–Kier alpha value is -0.0800. The zero-order valence-corrected chi connectivity index (χ0v) is 15.7. The standard InChI is InChI=1S/C15H29N3O2.HI/c1-16-14(17-8-3-9-20-11-10-19-2)18-12-15(6-7-15)13-4-5-13;/h13H,3-12H2,1-2H3,(H2,16,17,18);1H. The Morgan fingerprint density at radius 3 is 2.52 bits per heavy atom. The van der Waals surface area contributed by atoms with Crippen LogP contribution in [0.15, 0.2) is 4.99 Å². The van der Waals surface area contributed by atoms with Gasteiger partial charge >= 0.3 is 0 Å². The number of nitrogens with one attached hydrogen (secondary N) is 2. The largest absolute Gasteiger partial charge is 0.382 e. The van der Waals surface area contributed by atoms with E-state index in [9.17, 15) is 0 Å². The van der Waals surface area contributed by atoms with E-state index in [1.54, 1.807) is 7.11 Å². The lowest BCUT2D eigenvalue weighted by atomic mass is 10.0. The first-order valence-corrected chi connectivity index (χ1v) is 7.82. The molecule has 2 rings (SSSR count). The van der Waals surface area contributed by atoms with Gasteiger partial charge in [0.1, 0.15) is 0 Å². The third kappa shape index (κ3) is 6.69. The summed E-state index contributed by atoms with van der Waals surface area (Å²) in [4.78, 5) is 4.28. The first-order valence-electron chi connectivity index (χ1n) is 7.82. The summed E-state index contributed by atoms with van der Waals surface area (Å²) in [6, 6.07) is 0. The van der Waals surface area contributed by atoms with E-state index in [1.165, 1.54) is 25.7 Å². The highest BCUT2D eigenvalue weighted by Gasteiger charge is 2.53. The molecule has 2 N–H and O–H groups in total. The highest BCUT2D eigenvalue weighted by atomic mass is 127. The second-order valence-corrected chi connectivity index (χ2v) is 5.95. The van der Waals surface area contributed by atoms with Crippen LogP contribution in [0.5, 0.6) is 0 Å². The van der Waals surface area contributed by atoms with Gasteiger partial charge in [-0.3, -0.25) is 4.99 Å². The molecular weight excluding hydrogens is 381 g/mol. The van der Waals surface area contributed by atoms with Crippen LogP contribution in [0.4, 0.5) is 0 Å². The van der Waals surface area contributed by atoms with Crippen molar-refractivity contribution < 1.29 is 9.47 Å². The lowest BCUT2D eigenvalue weighted by molar-refractivity contribution is 0.0698. The van der Waals surface area contributed by atoms with Crippen molar-refractivity contribution in [1.29, 1.82) is 0 Å². The van der Waals surface area contributed by atoms with Crippen LogP contribution in [0.25, 0.3) is 0 Å². The predicted octanol–water partition coefficient (Wildman–Crippen LogP) is 2.01. The molecular formula is C15H30IN3O2. The third-order valence-electron chi connectivity index (χ3n) is 4.36. The Bertz CT molecular complexity index is 318. The average Bonchev–Trinajstić information content (AvgIpc) is 3.33. The molecule has 0 saturated heterocycles. The van der Waals surface area contributed by atoms with Crippen LogP contribution in [0, 0.1) is 11.3 Å². The molecule has 2 aliphatic rings. The maximum absolute atomic E-state index is 5.43. The molecule has 124 valence electrons. The summed E-state index contributed by atoms with van der Waals surface area (Å²) in [5, 5.41) is 6.83. The number of hydrogen-bond acceptors (Lipinski definition) is 3. The summed E-state index contributed by atoms with van der Waals surface area (Å²) < 4.78 is 10.4. The van der Waals surface area contributed by atoms with Crippen LogP contribution >= 0.6 is 24.0 Å². The molecule has 0 aliphatic heterocycles. The number of nitrogens with zero attached hydrogens (tertiary/aromatic N) is 1. The number of ether oxygens (including phenoxy) is 2. The second kappa shape index (κ2) is 9.84.